The molecule has 4 aromatic rings. The van der Waals surface area contributed by atoms with Gasteiger partial charge in [0.1, 0.15) is 5.75 Å². The highest BCUT2D eigenvalue weighted by Gasteiger charge is 2.14. The first kappa shape index (κ1) is 17.7. The van der Waals surface area contributed by atoms with E-state index in [-0.39, 0.29) is 5.91 Å². The molecule has 0 fully saturated rings. The number of hydrogen-bond acceptors (Lipinski definition) is 4. The summed E-state index contributed by atoms with van der Waals surface area (Å²) in [5, 5.41) is 3.82. The molecule has 0 bridgehead atoms. The number of amides is 1. The Balaban J connectivity index is 1.70. The predicted octanol–water partition coefficient (Wildman–Crippen LogP) is 4.24. The van der Waals surface area contributed by atoms with Gasteiger partial charge in [0, 0.05) is 29.9 Å². The molecule has 0 aliphatic carbocycles. The SMILES string of the molecule is COc1ccc(-c2cc(C(=O)NCc3ccncc3)c3ccccc3n2)cc1. The Hall–Kier alpha value is -3.73. The van der Waals surface area contributed by atoms with Crippen molar-refractivity contribution in [3.63, 3.8) is 0 Å². The average Bonchev–Trinajstić information content (AvgIpc) is 2.77. The number of nitrogens with zero attached hydrogens (tertiary/aromatic N) is 2. The second kappa shape index (κ2) is 7.88. The summed E-state index contributed by atoms with van der Waals surface area (Å²) in [5.74, 6) is 0.644. The molecular weight excluding hydrogens is 350 g/mol. The summed E-state index contributed by atoms with van der Waals surface area (Å²) in [4.78, 5) is 21.7. The van der Waals surface area contributed by atoms with Crippen LogP contribution in [0.25, 0.3) is 22.2 Å². The van der Waals surface area contributed by atoms with Gasteiger partial charge in [-0.1, -0.05) is 18.2 Å². The Morgan fingerprint density at radius 2 is 1.75 bits per heavy atom. The van der Waals surface area contributed by atoms with Crippen LogP contribution in [-0.2, 0) is 6.54 Å². The first-order chi connectivity index (χ1) is 13.7. The molecule has 138 valence electrons. The summed E-state index contributed by atoms with van der Waals surface area (Å²) >= 11 is 0. The van der Waals surface area contributed by atoms with Gasteiger partial charge in [0.25, 0.3) is 5.91 Å². The molecule has 1 amide bonds. The predicted molar refractivity (Wildman–Crippen MR) is 109 cm³/mol. The van der Waals surface area contributed by atoms with E-state index in [1.807, 2.05) is 66.7 Å². The van der Waals surface area contributed by atoms with E-state index in [4.69, 9.17) is 9.72 Å². The fourth-order valence-corrected chi connectivity index (χ4v) is 3.05. The molecule has 4 rings (SSSR count). The van der Waals surface area contributed by atoms with E-state index in [2.05, 4.69) is 10.3 Å². The molecule has 5 heteroatoms. The maximum Gasteiger partial charge on any atom is 0.252 e. The van der Waals surface area contributed by atoms with Gasteiger partial charge in [-0.15, -0.1) is 0 Å². The normalized spacial score (nSPS) is 10.6. The molecule has 0 unspecified atom stereocenters. The second-order valence-electron chi connectivity index (χ2n) is 6.34. The summed E-state index contributed by atoms with van der Waals surface area (Å²) in [6, 6.07) is 20.9. The molecule has 2 heterocycles. The Bertz CT molecular complexity index is 1110. The zero-order valence-electron chi connectivity index (χ0n) is 15.4. The highest BCUT2D eigenvalue weighted by atomic mass is 16.5. The molecule has 0 radical (unpaired) electrons. The van der Waals surface area contributed by atoms with Crippen molar-refractivity contribution in [3.05, 3.63) is 90.3 Å². The van der Waals surface area contributed by atoms with E-state index < -0.39 is 0 Å². The largest absolute Gasteiger partial charge is 0.497 e. The molecule has 28 heavy (non-hydrogen) atoms. The summed E-state index contributed by atoms with van der Waals surface area (Å²) in [6.45, 7) is 0.440. The molecule has 5 nitrogen and oxygen atoms in total. The fourth-order valence-electron chi connectivity index (χ4n) is 3.05. The minimum Gasteiger partial charge on any atom is -0.497 e. The number of carbonyl (C=O) groups excluding carboxylic acids is 1. The number of nitrogens with one attached hydrogen (secondary N) is 1. The number of fused-ring (bicyclic) bond motifs is 1. The number of carbonyl (C=O) groups is 1. The number of rotatable bonds is 5. The topological polar surface area (TPSA) is 64.1 Å². The van der Waals surface area contributed by atoms with E-state index in [1.165, 1.54) is 0 Å². The average molecular weight is 369 g/mol. The Labute approximate surface area is 163 Å². The Kier molecular flexibility index (Phi) is 4.97. The lowest BCUT2D eigenvalue weighted by molar-refractivity contribution is 0.0952. The van der Waals surface area contributed by atoms with Gasteiger partial charge in [-0.2, -0.15) is 0 Å². The van der Waals surface area contributed by atoms with E-state index in [1.54, 1.807) is 19.5 Å². The summed E-state index contributed by atoms with van der Waals surface area (Å²) in [7, 11) is 1.63. The maximum absolute atomic E-state index is 12.9. The van der Waals surface area contributed by atoms with E-state index in [9.17, 15) is 4.79 Å². The quantitative estimate of drug-likeness (QED) is 0.572. The van der Waals surface area contributed by atoms with Gasteiger partial charge >= 0.3 is 0 Å². The van der Waals surface area contributed by atoms with Gasteiger partial charge < -0.3 is 10.1 Å². The first-order valence-corrected chi connectivity index (χ1v) is 8.96. The van der Waals surface area contributed by atoms with Crippen molar-refractivity contribution in [3.8, 4) is 17.0 Å². The molecule has 1 N–H and O–H groups in total. The zero-order valence-corrected chi connectivity index (χ0v) is 15.4. The van der Waals surface area contributed by atoms with Crippen molar-refractivity contribution in [1.29, 1.82) is 0 Å². The van der Waals surface area contributed by atoms with E-state index >= 15 is 0 Å². The van der Waals surface area contributed by atoms with Crippen molar-refractivity contribution in [2.45, 2.75) is 6.54 Å². The molecular formula is C23H19N3O2. The minimum absolute atomic E-state index is 0.134. The van der Waals surface area contributed by atoms with Crippen LogP contribution < -0.4 is 10.1 Å². The number of para-hydroxylation sites is 1. The molecule has 2 aromatic carbocycles. The van der Waals surface area contributed by atoms with Crippen LogP contribution in [0.1, 0.15) is 15.9 Å². The van der Waals surface area contributed by atoms with Gasteiger partial charge in [0.2, 0.25) is 0 Å². The van der Waals surface area contributed by atoms with Gasteiger partial charge in [0.15, 0.2) is 0 Å². The number of benzene rings is 2. The molecule has 0 aliphatic rings. The van der Waals surface area contributed by atoms with Gasteiger partial charge in [0.05, 0.1) is 23.9 Å². The number of methoxy groups -OCH3 is 1. The third kappa shape index (κ3) is 3.69. The van der Waals surface area contributed by atoms with E-state index in [0.29, 0.717) is 12.1 Å². The number of aromatic nitrogens is 2. The molecule has 0 saturated carbocycles. The molecule has 2 aromatic heterocycles. The molecule has 0 spiro atoms. The van der Waals surface area contributed by atoms with Crippen LogP contribution in [0.15, 0.2) is 79.1 Å². The first-order valence-electron chi connectivity index (χ1n) is 8.96. The third-order valence-corrected chi connectivity index (χ3v) is 4.55. The van der Waals surface area contributed by atoms with Crippen molar-refractivity contribution >= 4 is 16.8 Å². The Morgan fingerprint density at radius 3 is 2.50 bits per heavy atom. The van der Waals surface area contributed by atoms with Crippen molar-refractivity contribution in [1.82, 2.24) is 15.3 Å². The zero-order chi connectivity index (χ0) is 19.3. The lowest BCUT2D eigenvalue weighted by Crippen LogP contribution is -2.23. The Morgan fingerprint density at radius 1 is 1.00 bits per heavy atom. The second-order valence-corrected chi connectivity index (χ2v) is 6.34. The number of ether oxygens (including phenoxy) is 1. The highest BCUT2D eigenvalue weighted by Crippen LogP contribution is 2.26. The van der Waals surface area contributed by atoms with Crippen LogP contribution >= 0.6 is 0 Å². The highest BCUT2D eigenvalue weighted by molar-refractivity contribution is 6.07. The number of hydrogen-bond donors (Lipinski definition) is 1. The van der Waals surface area contributed by atoms with Crippen LogP contribution in [-0.4, -0.2) is 23.0 Å². The standard InChI is InChI=1S/C23H19N3O2/c1-28-18-8-6-17(7-9-18)22-14-20(19-4-2-3-5-21(19)26-22)23(27)25-15-16-10-12-24-13-11-16/h2-14H,15H2,1H3,(H,25,27). The smallest absolute Gasteiger partial charge is 0.252 e. The lowest BCUT2D eigenvalue weighted by atomic mass is 10.0. The minimum atomic E-state index is -0.134. The van der Waals surface area contributed by atoms with E-state index in [0.717, 1.165) is 33.5 Å². The van der Waals surface area contributed by atoms with Crippen LogP contribution in [0.3, 0.4) is 0 Å². The van der Waals surface area contributed by atoms with Gasteiger partial charge in [-0.3, -0.25) is 9.78 Å². The maximum atomic E-state index is 12.9. The van der Waals surface area contributed by atoms with Crippen LogP contribution in [0, 0.1) is 0 Å². The molecule has 0 atom stereocenters. The number of pyridine rings is 2. The van der Waals surface area contributed by atoms with Crippen molar-refractivity contribution in [2.24, 2.45) is 0 Å². The van der Waals surface area contributed by atoms with Crippen LogP contribution in [0.2, 0.25) is 0 Å². The van der Waals surface area contributed by atoms with Gasteiger partial charge in [-0.25, -0.2) is 4.98 Å². The van der Waals surface area contributed by atoms with Crippen molar-refractivity contribution < 1.29 is 9.53 Å². The van der Waals surface area contributed by atoms with Crippen molar-refractivity contribution in [2.75, 3.05) is 7.11 Å². The molecule has 0 aliphatic heterocycles. The fraction of sp³-hybridized carbons (Fsp3) is 0.0870. The molecule has 0 saturated heterocycles. The lowest BCUT2D eigenvalue weighted by Gasteiger charge is -2.11. The summed E-state index contributed by atoms with van der Waals surface area (Å²) < 4.78 is 5.22. The summed E-state index contributed by atoms with van der Waals surface area (Å²) in [6.07, 6.45) is 3.43. The monoisotopic (exact) mass is 369 g/mol. The third-order valence-electron chi connectivity index (χ3n) is 4.55. The summed E-state index contributed by atoms with van der Waals surface area (Å²) in [5.41, 5.74) is 4.05. The van der Waals surface area contributed by atoms with Crippen LogP contribution in [0.5, 0.6) is 5.75 Å². The van der Waals surface area contributed by atoms with Gasteiger partial charge in [-0.05, 0) is 54.1 Å². The van der Waals surface area contributed by atoms with Crippen LogP contribution in [0.4, 0.5) is 0 Å².